The summed E-state index contributed by atoms with van der Waals surface area (Å²) in [7, 11) is 3.33. The lowest BCUT2D eigenvalue weighted by molar-refractivity contribution is 0.114. The minimum absolute atomic E-state index is 0.260. The van der Waals surface area contributed by atoms with E-state index >= 15 is 0 Å². The predicted molar refractivity (Wildman–Crippen MR) is 117 cm³/mol. The van der Waals surface area contributed by atoms with Gasteiger partial charge in [0.2, 0.25) is 5.89 Å². The zero-order valence-electron chi connectivity index (χ0n) is 18.2. The van der Waals surface area contributed by atoms with Crippen molar-refractivity contribution in [2.45, 2.75) is 20.0 Å². The average Bonchev–Trinajstić information content (AvgIpc) is 3.25. The van der Waals surface area contributed by atoms with Gasteiger partial charge in [-0.25, -0.2) is 9.37 Å². The number of ether oxygens (including phenoxy) is 2. The molecule has 0 aliphatic carbocycles. The molecule has 0 bridgehead atoms. The summed E-state index contributed by atoms with van der Waals surface area (Å²) in [5.74, 6) is 2.62. The summed E-state index contributed by atoms with van der Waals surface area (Å²) in [6.07, 6.45) is 1.71. The maximum atomic E-state index is 13.1. The van der Waals surface area contributed by atoms with Crippen LogP contribution in [-0.4, -0.2) is 55.2 Å². The third-order valence-electron chi connectivity index (χ3n) is 5.74. The van der Waals surface area contributed by atoms with Crippen molar-refractivity contribution < 1.29 is 18.3 Å². The predicted octanol–water partition coefficient (Wildman–Crippen LogP) is 4.12. The summed E-state index contributed by atoms with van der Waals surface area (Å²) in [5, 5.41) is 0. The molecule has 0 saturated carbocycles. The van der Waals surface area contributed by atoms with Gasteiger partial charge in [-0.1, -0.05) is 0 Å². The van der Waals surface area contributed by atoms with Gasteiger partial charge in [-0.3, -0.25) is 9.80 Å². The number of rotatable bonds is 7. The molecule has 1 aromatic heterocycles. The number of methoxy groups -OCH3 is 2. The molecule has 2 heterocycles. The highest BCUT2D eigenvalue weighted by atomic mass is 19.1. The number of nitrogens with zero attached hydrogens (tertiary/aromatic N) is 3. The molecule has 0 unspecified atom stereocenters. The maximum absolute atomic E-state index is 13.1. The Labute approximate surface area is 182 Å². The van der Waals surface area contributed by atoms with Crippen molar-refractivity contribution in [3.05, 3.63) is 65.4 Å². The molecular weight excluding hydrogens is 397 g/mol. The quantitative estimate of drug-likeness (QED) is 0.568. The summed E-state index contributed by atoms with van der Waals surface area (Å²) < 4.78 is 29.8. The largest absolute Gasteiger partial charge is 0.493 e. The Hall–Kier alpha value is -2.90. The van der Waals surface area contributed by atoms with Gasteiger partial charge in [0.25, 0.3) is 0 Å². The summed E-state index contributed by atoms with van der Waals surface area (Å²) in [6.45, 7) is 7.49. The van der Waals surface area contributed by atoms with Crippen molar-refractivity contribution in [2.24, 2.45) is 0 Å². The molecule has 7 heteroatoms. The topological polar surface area (TPSA) is 51.0 Å². The van der Waals surface area contributed by atoms with Crippen molar-refractivity contribution in [1.82, 2.24) is 14.8 Å². The van der Waals surface area contributed by atoms with Crippen LogP contribution in [0, 0.1) is 12.7 Å². The number of piperazine rings is 1. The second-order valence-electron chi connectivity index (χ2n) is 7.81. The van der Waals surface area contributed by atoms with Crippen LogP contribution in [0.2, 0.25) is 0 Å². The number of hydrogen-bond acceptors (Lipinski definition) is 6. The van der Waals surface area contributed by atoms with Crippen LogP contribution >= 0.6 is 0 Å². The summed E-state index contributed by atoms with van der Waals surface area (Å²) in [5.41, 5.74) is 3.28. The second kappa shape index (κ2) is 9.49. The third-order valence-corrected chi connectivity index (χ3v) is 5.74. The smallest absolute Gasteiger partial charge is 0.209 e. The molecule has 4 rings (SSSR count). The lowest BCUT2D eigenvalue weighted by atomic mass is 10.1. The molecule has 164 valence electrons. The molecule has 0 spiro atoms. The van der Waals surface area contributed by atoms with E-state index in [-0.39, 0.29) is 5.82 Å². The van der Waals surface area contributed by atoms with Crippen LogP contribution < -0.4 is 9.47 Å². The third kappa shape index (κ3) is 5.06. The Bertz CT molecular complexity index is 1010. The summed E-state index contributed by atoms with van der Waals surface area (Å²) >= 11 is 0. The van der Waals surface area contributed by atoms with Gasteiger partial charge in [0, 0.05) is 38.3 Å². The fourth-order valence-electron chi connectivity index (χ4n) is 3.86. The molecule has 3 aromatic rings. The van der Waals surface area contributed by atoms with E-state index in [1.807, 2.05) is 6.07 Å². The first-order chi connectivity index (χ1) is 15.1. The van der Waals surface area contributed by atoms with Gasteiger partial charge < -0.3 is 13.9 Å². The van der Waals surface area contributed by atoms with E-state index in [1.54, 1.807) is 32.5 Å². The number of aryl methyl sites for hydroxylation is 1. The molecule has 0 atom stereocenters. The first kappa shape index (κ1) is 21.3. The van der Waals surface area contributed by atoms with Crippen LogP contribution in [0.4, 0.5) is 4.39 Å². The maximum Gasteiger partial charge on any atom is 0.209 e. The molecule has 1 aliphatic rings. The van der Waals surface area contributed by atoms with Crippen LogP contribution in [0.3, 0.4) is 0 Å². The van der Waals surface area contributed by atoms with Crippen LogP contribution in [-0.2, 0) is 13.1 Å². The van der Waals surface area contributed by atoms with Crippen LogP contribution in [0.1, 0.15) is 17.0 Å². The van der Waals surface area contributed by atoms with Crippen LogP contribution in [0.25, 0.3) is 11.3 Å². The first-order valence-electron chi connectivity index (χ1n) is 10.4. The Balaban J connectivity index is 1.32. The fraction of sp³-hybridized carbons (Fsp3) is 0.375. The Morgan fingerprint density at radius 1 is 0.935 bits per heavy atom. The number of halogens is 1. The zero-order chi connectivity index (χ0) is 21.8. The van der Waals surface area contributed by atoms with Gasteiger partial charge in [0.1, 0.15) is 5.82 Å². The second-order valence-corrected chi connectivity index (χ2v) is 7.81. The highest BCUT2D eigenvalue weighted by Crippen LogP contribution is 2.31. The molecule has 1 aliphatic heterocycles. The Morgan fingerprint density at radius 3 is 2.19 bits per heavy atom. The van der Waals surface area contributed by atoms with E-state index < -0.39 is 0 Å². The Morgan fingerprint density at radius 2 is 1.55 bits per heavy atom. The van der Waals surface area contributed by atoms with Crippen LogP contribution in [0.15, 0.2) is 47.0 Å². The van der Waals surface area contributed by atoms with Gasteiger partial charge in [-0.2, -0.15) is 0 Å². The highest BCUT2D eigenvalue weighted by Gasteiger charge is 2.20. The summed E-state index contributed by atoms with van der Waals surface area (Å²) in [4.78, 5) is 9.20. The lowest BCUT2D eigenvalue weighted by Crippen LogP contribution is -2.45. The van der Waals surface area contributed by atoms with Gasteiger partial charge in [-0.15, -0.1) is 0 Å². The van der Waals surface area contributed by atoms with E-state index in [0.717, 1.165) is 49.8 Å². The molecule has 0 amide bonds. The van der Waals surface area contributed by atoms with Crippen LogP contribution in [0.5, 0.6) is 11.5 Å². The Kier molecular flexibility index (Phi) is 6.53. The molecule has 0 radical (unpaired) electrons. The lowest BCUT2D eigenvalue weighted by Gasteiger charge is -2.34. The van der Waals surface area contributed by atoms with E-state index in [2.05, 4.69) is 27.8 Å². The first-order valence-corrected chi connectivity index (χ1v) is 10.4. The van der Waals surface area contributed by atoms with Crippen molar-refractivity contribution >= 4 is 0 Å². The molecular formula is C24H28FN3O3. The van der Waals surface area contributed by atoms with E-state index in [9.17, 15) is 4.39 Å². The molecule has 1 fully saturated rings. The van der Waals surface area contributed by atoms with Crippen molar-refractivity contribution in [2.75, 3.05) is 40.4 Å². The van der Waals surface area contributed by atoms with Crippen molar-refractivity contribution in [3.8, 4) is 22.8 Å². The summed E-state index contributed by atoms with van der Waals surface area (Å²) in [6, 6.07) is 10.4. The number of benzene rings is 2. The van der Waals surface area contributed by atoms with Crippen molar-refractivity contribution in [1.29, 1.82) is 0 Å². The minimum atomic E-state index is -0.260. The SMILES string of the molecule is COc1cc(C)c(CN2CCN(Cc3ncc(-c4ccc(F)cc4)o3)CC2)cc1OC. The molecule has 0 N–H and O–H groups in total. The van der Waals surface area contributed by atoms with E-state index in [0.29, 0.717) is 18.2 Å². The van der Waals surface area contributed by atoms with E-state index in [1.165, 1.54) is 23.3 Å². The molecule has 31 heavy (non-hydrogen) atoms. The molecule has 1 saturated heterocycles. The number of hydrogen-bond donors (Lipinski definition) is 0. The van der Waals surface area contributed by atoms with Gasteiger partial charge in [0.05, 0.1) is 27.0 Å². The van der Waals surface area contributed by atoms with Gasteiger partial charge >= 0.3 is 0 Å². The van der Waals surface area contributed by atoms with Crippen molar-refractivity contribution in [3.63, 3.8) is 0 Å². The standard InChI is InChI=1S/C24H28FN3O3/c1-17-12-21(29-2)22(30-3)13-19(17)15-27-8-10-28(11-9-27)16-24-26-14-23(31-24)18-4-6-20(25)7-5-18/h4-7,12-14H,8-11,15-16H2,1-3H3. The monoisotopic (exact) mass is 425 g/mol. The normalized spacial score (nSPS) is 15.2. The molecule has 2 aromatic carbocycles. The molecule has 6 nitrogen and oxygen atoms in total. The fourth-order valence-corrected chi connectivity index (χ4v) is 3.86. The number of aromatic nitrogens is 1. The zero-order valence-corrected chi connectivity index (χ0v) is 18.2. The van der Waals surface area contributed by atoms with E-state index in [4.69, 9.17) is 13.9 Å². The average molecular weight is 426 g/mol. The number of oxazole rings is 1. The minimum Gasteiger partial charge on any atom is -0.493 e. The highest BCUT2D eigenvalue weighted by molar-refractivity contribution is 5.55. The van der Waals surface area contributed by atoms with Gasteiger partial charge in [0.15, 0.2) is 17.3 Å². The van der Waals surface area contributed by atoms with Gasteiger partial charge in [-0.05, 0) is 54.4 Å².